The molecule has 2 rings (SSSR count). The first-order valence-electron chi connectivity index (χ1n) is 5.59. The Labute approximate surface area is 81.3 Å². The van der Waals surface area contributed by atoms with E-state index in [2.05, 4.69) is 18.7 Å². The smallest absolute Gasteiger partial charge is 0.0645 e. The van der Waals surface area contributed by atoms with Crippen LogP contribution in [0.2, 0.25) is 0 Å². The van der Waals surface area contributed by atoms with Gasteiger partial charge >= 0.3 is 0 Å². The summed E-state index contributed by atoms with van der Waals surface area (Å²) < 4.78 is 5.24. The summed E-state index contributed by atoms with van der Waals surface area (Å²) >= 11 is 0. The molecule has 0 aromatic rings. The highest BCUT2D eigenvalue weighted by Gasteiger charge is 2.28. The van der Waals surface area contributed by atoms with Gasteiger partial charge in [0.25, 0.3) is 0 Å². The summed E-state index contributed by atoms with van der Waals surface area (Å²) in [5, 5.41) is 0. The molecule has 2 aliphatic rings. The number of nitrogens with zero attached hydrogens (tertiary/aromatic N) is 1. The zero-order chi connectivity index (χ0) is 9.26. The highest BCUT2D eigenvalue weighted by Crippen LogP contribution is 2.25. The first-order valence-corrected chi connectivity index (χ1v) is 5.59. The third-order valence-electron chi connectivity index (χ3n) is 3.85. The van der Waals surface area contributed by atoms with Crippen molar-refractivity contribution in [3.63, 3.8) is 0 Å². The molecule has 2 aliphatic heterocycles. The Hall–Kier alpha value is -0.0800. The minimum Gasteiger partial charge on any atom is -0.378 e. The van der Waals surface area contributed by atoms with Crippen molar-refractivity contribution >= 4 is 0 Å². The molecule has 2 atom stereocenters. The molecule has 2 fully saturated rings. The quantitative estimate of drug-likeness (QED) is 0.614. The summed E-state index contributed by atoms with van der Waals surface area (Å²) in [6, 6.07) is 0.748. The summed E-state index contributed by atoms with van der Waals surface area (Å²) in [5.74, 6) is 1.82. The van der Waals surface area contributed by atoms with Gasteiger partial charge in [-0.25, -0.2) is 0 Å². The summed E-state index contributed by atoms with van der Waals surface area (Å²) in [7, 11) is 0. The van der Waals surface area contributed by atoms with Gasteiger partial charge in [0.05, 0.1) is 19.3 Å². The Morgan fingerprint density at radius 1 is 1.00 bits per heavy atom. The predicted molar refractivity (Wildman–Crippen MR) is 53.7 cm³/mol. The lowest BCUT2D eigenvalue weighted by atomic mass is 9.92. The molecule has 0 aromatic heterocycles. The highest BCUT2D eigenvalue weighted by atomic mass is 16.5. The standard InChI is InChI=1S/C11H21NO/c1-9-3-5-12(6-4-10(9)2)11-7-13-8-11/h9-11H,3-8H2,1-2H3. The van der Waals surface area contributed by atoms with Gasteiger partial charge in [-0.1, -0.05) is 13.8 Å². The molecule has 76 valence electrons. The minimum absolute atomic E-state index is 0.748. The Morgan fingerprint density at radius 3 is 1.92 bits per heavy atom. The van der Waals surface area contributed by atoms with E-state index in [4.69, 9.17) is 4.74 Å². The molecule has 0 aromatic carbocycles. The van der Waals surface area contributed by atoms with E-state index in [1.165, 1.54) is 25.9 Å². The van der Waals surface area contributed by atoms with Crippen molar-refractivity contribution in [3.8, 4) is 0 Å². The lowest BCUT2D eigenvalue weighted by Crippen LogP contribution is -2.49. The lowest BCUT2D eigenvalue weighted by Gasteiger charge is -2.36. The maximum atomic E-state index is 5.24. The van der Waals surface area contributed by atoms with Crippen LogP contribution in [0.1, 0.15) is 26.7 Å². The van der Waals surface area contributed by atoms with Gasteiger partial charge in [0, 0.05) is 0 Å². The van der Waals surface area contributed by atoms with Crippen molar-refractivity contribution in [3.05, 3.63) is 0 Å². The number of rotatable bonds is 1. The monoisotopic (exact) mass is 183 g/mol. The second kappa shape index (κ2) is 3.97. The molecule has 0 aliphatic carbocycles. The second-order valence-electron chi connectivity index (χ2n) is 4.76. The number of ether oxygens (including phenoxy) is 1. The Morgan fingerprint density at radius 2 is 1.54 bits per heavy atom. The fourth-order valence-corrected chi connectivity index (χ4v) is 2.22. The molecule has 2 nitrogen and oxygen atoms in total. The molecule has 2 unspecified atom stereocenters. The largest absolute Gasteiger partial charge is 0.378 e. The summed E-state index contributed by atoms with van der Waals surface area (Å²) in [6.45, 7) is 9.32. The number of hydrogen-bond acceptors (Lipinski definition) is 2. The molecule has 2 heterocycles. The van der Waals surface area contributed by atoms with Gasteiger partial charge < -0.3 is 4.74 Å². The van der Waals surface area contributed by atoms with Crippen LogP contribution in [0.5, 0.6) is 0 Å². The van der Waals surface area contributed by atoms with Crippen LogP contribution >= 0.6 is 0 Å². The first-order chi connectivity index (χ1) is 6.27. The molecule has 13 heavy (non-hydrogen) atoms. The van der Waals surface area contributed by atoms with Gasteiger partial charge in [0.2, 0.25) is 0 Å². The Kier molecular flexibility index (Phi) is 2.89. The van der Waals surface area contributed by atoms with Gasteiger partial charge in [-0.2, -0.15) is 0 Å². The number of hydrogen-bond donors (Lipinski definition) is 0. The van der Waals surface area contributed by atoms with Crippen molar-refractivity contribution in [1.82, 2.24) is 4.90 Å². The Bertz CT molecular complexity index is 155. The zero-order valence-electron chi connectivity index (χ0n) is 8.83. The molecule has 0 bridgehead atoms. The zero-order valence-corrected chi connectivity index (χ0v) is 8.83. The van der Waals surface area contributed by atoms with E-state index in [1.807, 2.05) is 0 Å². The van der Waals surface area contributed by atoms with E-state index in [1.54, 1.807) is 0 Å². The molecule has 0 amide bonds. The van der Waals surface area contributed by atoms with Crippen molar-refractivity contribution in [1.29, 1.82) is 0 Å². The molecule has 0 spiro atoms. The molecular formula is C11H21NO. The van der Waals surface area contributed by atoms with E-state index >= 15 is 0 Å². The molecule has 2 heteroatoms. The third kappa shape index (κ3) is 2.05. The van der Waals surface area contributed by atoms with Crippen molar-refractivity contribution < 1.29 is 4.74 Å². The van der Waals surface area contributed by atoms with Crippen LogP contribution in [-0.2, 0) is 4.74 Å². The van der Waals surface area contributed by atoms with Gasteiger partial charge in [0.15, 0.2) is 0 Å². The predicted octanol–water partition coefficient (Wildman–Crippen LogP) is 1.75. The van der Waals surface area contributed by atoms with Crippen LogP contribution in [0.15, 0.2) is 0 Å². The average Bonchev–Trinajstić information content (AvgIpc) is 2.16. The van der Waals surface area contributed by atoms with E-state index in [0.717, 1.165) is 31.1 Å². The van der Waals surface area contributed by atoms with Crippen molar-refractivity contribution in [2.45, 2.75) is 32.7 Å². The Balaban J connectivity index is 1.86. The first kappa shape index (κ1) is 9.47. The maximum absolute atomic E-state index is 5.24. The fraction of sp³-hybridized carbons (Fsp3) is 1.00. The van der Waals surface area contributed by atoms with E-state index in [9.17, 15) is 0 Å². The van der Waals surface area contributed by atoms with Gasteiger partial charge in [-0.15, -0.1) is 0 Å². The van der Waals surface area contributed by atoms with Crippen LogP contribution in [0, 0.1) is 11.8 Å². The van der Waals surface area contributed by atoms with E-state index < -0.39 is 0 Å². The average molecular weight is 183 g/mol. The van der Waals surface area contributed by atoms with Crippen LogP contribution in [0.4, 0.5) is 0 Å². The highest BCUT2D eigenvalue weighted by molar-refractivity contribution is 4.81. The number of likely N-dealkylation sites (tertiary alicyclic amines) is 1. The topological polar surface area (TPSA) is 12.5 Å². The van der Waals surface area contributed by atoms with E-state index in [0.29, 0.717) is 0 Å². The minimum atomic E-state index is 0.748. The lowest BCUT2D eigenvalue weighted by molar-refractivity contribution is -0.0640. The molecule has 0 N–H and O–H groups in total. The van der Waals surface area contributed by atoms with E-state index in [-0.39, 0.29) is 0 Å². The molecule has 2 saturated heterocycles. The van der Waals surface area contributed by atoms with Crippen molar-refractivity contribution in [2.24, 2.45) is 11.8 Å². The van der Waals surface area contributed by atoms with Crippen LogP contribution < -0.4 is 0 Å². The second-order valence-corrected chi connectivity index (χ2v) is 4.76. The van der Waals surface area contributed by atoms with Crippen molar-refractivity contribution in [2.75, 3.05) is 26.3 Å². The summed E-state index contributed by atoms with van der Waals surface area (Å²) in [6.07, 6.45) is 2.75. The van der Waals surface area contributed by atoms with Gasteiger partial charge in [-0.3, -0.25) is 4.90 Å². The fourth-order valence-electron chi connectivity index (χ4n) is 2.22. The van der Waals surface area contributed by atoms with Crippen LogP contribution in [0.3, 0.4) is 0 Å². The maximum Gasteiger partial charge on any atom is 0.0645 e. The molecular weight excluding hydrogens is 162 g/mol. The normalized spacial score (nSPS) is 38.3. The summed E-state index contributed by atoms with van der Waals surface area (Å²) in [5.41, 5.74) is 0. The van der Waals surface area contributed by atoms with Crippen LogP contribution in [0.25, 0.3) is 0 Å². The van der Waals surface area contributed by atoms with Gasteiger partial charge in [-0.05, 0) is 37.8 Å². The SMILES string of the molecule is CC1CCN(C2COC2)CCC1C. The van der Waals surface area contributed by atoms with Crippen LogP contribution in [-0.4, -0.2) is 37.2 Å². The molecule has 0 radical (unpaired) electrons. The summed E-state index contributed by atoms with van der Waals surface area (Å²) in [4.78, 5) is 2.63. The van der Waals surface area contributed by atoms with Gasteiger partial charge in [0.1, 0.15) is 0 Å². The molecule has 0 saturated carbocycles. The third-order valence-corrected chi connectivity index (χ3v) is 3.85.